The van der Waals surface area contributed by atoms with Crippen molar-refractivity contribution in [3.63, 3.8) is 0 Å². The molecule has 5 aliphatic carbocycles. The lowest BCUT2D eigenvalue weighted by Gasteiger charge is -2.73. The van der Waals surface area contributed by atoms with E-state index in [0.29, 0.717) is 52.4 Å². The Hall–Kier alpha value is -0.420. The van der Waals surface area contributed by atoms with Crippen LogP contribution in [0.4, 0.5) is 0 Å². The monoisotopic (exact) mass is 568 g/mol. The van der Waals surface area contributed by atoms with Crippen LogP contribution >= 0.6 is 0 Å². The molecular weight excluding hydrogens is 506 g/mol. The molecule has 3 N–H and O–H groups in total. The van der Waals surface area contributed by atoms with Crippen LogP contribution in [0, 0.1) is 62.6 Å². The third-order valence-corrected chi connectivity index (χ3v) is 17.0. The summed E-state index contributed by atoms with van der Waals surface area (Å²) in [6, 6.07) is 0. The SMILES string of the molecule is C=C(C[N+]12CCC(CC1)C(O)C2)[C@@H]1CC[C@]2(CO)CC[C@]3(C)[C@H](CCC4[C@@]5(C)CCC(O)C(C)(C)[C@@H]5CC[C@]43C)[C@@H]12. The highest BCUT2D eigenvalue weighted by molar-refractivity contribution is 5.22. The van der Waals surface area contributed by atoms with E-state index in [1.165, 1.54) is 89.3 Å². The molecule has 0 aromatic carbocycles. The predicted octanol–water partition coefficient (Wildman–Crippen LogP) is 6.58. The summed E-state index contributed by atoms with van der Waals surface area (Å²) in [6.07, 6.45) is 14.2. The average Bonchev–Trinajstić information content (AvgIpc) is 3.32. The Labute approximate surface area is 250 Å². The maximum absolute atomic E-state index is 11.1. The van der Waals surface area contributed by atoms with Gasteiger partial charge in [0.15, 0.2) is 0 Å². The largest absolute Gasteiger partial charge is 0.396 e. The van der Waals surface area contributed by atoms with Gasteiger partial charge in [-0.05, 0) is 126 Å². The summed E-state index contributed by atoms with van der Waals surface area (Å²) in [5.74, 6) is 3.59. The third kappa shape index (κ3) is 3.78. The topological polar surface area (TPSA) is 60.7 Å². The Morgan fingerprint density at radius 1 is 0.780 bits per heavy atom. The Balaban J connectivity index is 1.20. The molecule has 3 heterocycles. The Morgan fingerprint density at radius 2 is 1.51 bits per heavy atom. The minimum absolute atomic E-state index is 0.00246. The smallest absolute Gasteiger partial charge is 0.106 e. The summed E-state index contributed by atoms with van der Waals surface area (Å²) in [6.45, 7) is 22.4. The maximum Gasteiger partial charge on any atom is 0.106 e. The van der Waals surface area contributed by atoms with Crippen molar-refractivity contribution >= 4 is 0 Å². The number of fused-ring (bicyclic) bond motifs is 10. The van der Waals surface area contributed by atoms with E-state index in [9.17, 15) is 15.3 Å². The number of quaternary nitrogens is 1. The fourth-order valence-electron chi connectivity index (χ4n) is 14.5. The second-order valence-electron chi connectivity index (χ2n) is 18.4. The van der Waals surface area contributed by atoms with Crippen LogP contribution < -0.4 is 0 Å². The van der Waals surface area contributed by atoms with Gasteiger partial charge >= 0.3 is 0 Å². The summed E-state index contributed by atoms with van der Waals surface area (Å²) in [4.78, 5) is 0. The first kappa shape index (κ1) is 29.3. The number of hydrogen-bond acceptors (Lipinski definition) is 3. The van der Waals surface area contributed by atoms with E-state index in [1.54, 1.807) is 0 Å². The van der Waals surface area contributed by atoms with E-state index < -0.39 is 0 Å². The second-order valence-corrected chi connectivity index (χ2v) is 18.4. The molecule has 3 saturated heterocycles. The normalized spacial score (nSPS) is 57.3. The van der Waals surface area contributed by atoms with E-state index in [4.69, 9.17) is 6.58 Å². The Morgan fingerprint density at radius 3 is 2.20 bits per heavy atom. The minimum Gasteiger partial charge on any atom is -0.396 e. The molecule has 2 bridgehead atoms. The summed E-state index contributed by atoms with van der Waals surface area (Å²) in [7, 11) is 0. The zero-order chi connectivity index (χ0) is 29.2. The fraction of sp³-hybridized carbons (Fsp3) is 0.946. The van der Waals surface area contributed by atoms with Gasteiger partial charge in [-0.2, -0.15) is 0 Å². The van der Waals surface area contributed by atoms with Crippen molar-refractivity contribution < 1.29 is 19.8 Å². The van der Waals surface area contributed by atoms with Gasteiger partial charge in [-0.3, -0.25) is 0 Å². The van der Waals surface area contributed by atoms with Crippen molar-refractivity contribution in [2.75, 3.05) is 32.8 Å². The first-order valence-corrected chi connectivity index (χ1v) is 17.8. The molecule has 0 spiro atoms. The van der Waals surface area contributed by atoms with Crippen LogP contribution in [-0.2, 0) is 0 Å². The lowest BCUT2D eigenvalue weighted by molar-refractivity contribution is -0.942. The molecule has 8 rings (SSSR count). The van der Waals surface area contributed by atoms with E-state index >= 15 is 0 Å². The first-order chi connectivity index (χ1) is 19.3. The lowest BCUT2D eigenvalue weighted by atomic mass is 9.32. The molecule has 3 unspecified atom stereocenters. The third-order valence-electron chi connectivity index (χ3n) is 17.0. The zero-order valence-electron chi connectivity index (χ0n) is 27.1. The lowest BCUT2D eigenvalue weighted by Crippen LogP contribution is -2.67. The molecule has 5 saturated carbocycles. The highest BCUT2D eigenvalue weighted by atomic mass is 16.3. The summed E-state index contributed by atoms with van der Waals surface area (Å²) >= 11 is 0. The van der Waals surface area contributed by atoms with Crippen molar-refractivity contribution in [1.82, 2.24) is 0 Å². The van der Waals surface area contributed by atoms with Crippen LogP contribution in [-0.4, -0.2) is 64.8 Å². The standard InChI is InChI=1S/C37H62NO3/c1-24(21-38-19-12-25(13-20-38)28(40)22-38)26-9-16-37(23-39)18-17-35(5)27(32(26)37)7-8-30-34(4)14-11-31(41)33(2,3)29(34)10-15-36(30,35)6/h25-32,39-41H,1,7-23H2,2-6H3/q+1/t25?,26-,27+,28?,29-,30?,31?,32+,34-,35+,36+,37+,38?/m0/s1. The van der Waals surface area contributed by atoms with E-state index in [1.807, 2.05) is 0 Å². The molecule has 8 fully saturated rings. The van der Waals surface area contributed by atoms with Crippen LogP contribution in [0.5, 0.6) is 0 Å². The molecule has 3 aliphatic heterocycles. The number of rotatable bonds is 4. The molecule has 232 valence electrons. The number of nitrogens with zero attached hydrogens (tertiary/aromatic N) is 1. The molecule has 4 heteroatoms. The molecule has 4 nitrogen and oxygen atoms in total. The Kier molecular flexibility index (Phi) is 6.65. The van der Waals surface area contributed by atoms with Gasteiger partial charge in [-0.15, -0.1) is 0 Å². The van der Waals surface area contributed by atoms with Crippen LogP contribution in [0.2, 0.25) is 0 Å². The maximum atomic E-state index is 11.1. The van der Waals surface area contributed by atoms with Crippen molar-refractivity contribution in [2.24, 2.45) is 62.6 Å². The van der Waals surface area contributed by atoms with E-state index in [2.05, 4.69) is 34.6 Å². The van der Waals surface area contributed by atoms with Crippen molar-refractivity contribution in [2.45, 2.75) is 124 Å². The molecule has 8 aliphatic rings. The highest BCUT2D eigenvalue weighted by Crippen LogP contribution is 2.77. The fourth-order valence-corrected chi connectivity index (χ4v) is 14.5. The molecule has 11 atom stereocenters. The first-order valence-electron chi connectivity index (χ1n) is 17.8. The highest BCUT2D eigenvalue weighted by Gasteiger charge is 2.71. The van der Waals surface area contributed by atoms with E-state index in [-0.39, 0.29) is 23.0 Å². The molecule has 0 radical (unpaired) electrons. The van der Waals surface area contributed by atoms with Gasteiger partial charge in [0.2, 0.25) is 0 Å². The summed E-state index contributed by atoms with van der Waals surface area (Å²) in [5, 5.41) is 32.9. The quantitative estimate of drug-likeness (QED) is 0.265. The van der Waals surface area contributed by atoms with Crippen LogP contribution in [0.25, 0.3) is 0 Å². The molecule has 0 aromatic rings. The minimum atomic E-state index is -0.167. The second kappa shape index (κ2) is 9.30. The van der Waals surface area contributed by atoms with Gasteiger partial charge in [0, 0.05) is 25.4 Å². The molecular formula is C37H62NO3+. The van der Waals surface area contributed by atoms with Gasteiger partial charge in [-0.1, -0.05) is 41.2 Å². The number of aliphatic hydroxyl groups excluding tert-OH is 3. The van der Waals surface area contributed by atoms with E-state index in [0.717, 1.165) is 29.9 Å². The van der Waals surface area contributed by atoms with Gasteiger partial charge in [0.05, 0.1) is 19.2 Å². The van der Waals surface area contributed by atoms with Crippen LogP contribution in [0.3, 0.4) is 0 Å². The average molecular weight is 569 g/mol. The van der Waals surface area contributed by atoms with Gasteiger partial charge in [0.1, 0.15) is 19.2 Å². The summed E-state index contributed by atoms with van der Waals surface area (Å²) < 4.78 is 1.06. The predicted molar refractivity (Wildman–Crippen MR) is 165 cm³/mol. The molecule has 0 aromatic heterocycles. The van der Waals surface area contributed by atoms with Crippen molar-refractivity contribution in [3.05, 3.63) is 12.2 Å². The Bertz CT molecular complexity index is 1060. The van der Waals surface area contributed by atoms with Gasteiger partial charge < -0.3 is 19.8 Å². The van der Waals surface area contributed by atoms with Crippen molar-refractivity contribution in [1.29, 1.82) is 0 Å². The van der Waals surface area contributed by atoms with Gasteiger partial charge in [-0.25, -0.2) is 0 Å². The van der Waals surface area contributed by atoms with Crippen LogP contribution in [0.15, 0.2) is 12.2 Å². The molecule has 0 amide bonds. The van der Waals surface area contributed by atoms with Gasteiger partial charge in [0.25, 0.3) is 0 Å². The zero-order valence-corrected chi connectivity index (χ0v) is 27.1. The van der Waals surface area contributed by atoms with Crippen molar-refractivity contribution in [3.8, 4) is 0 Å². The number of aliphatic hydroxyl groups is 3. The molecule has 41 heavy (non-hydrogen) atoms. The summed E-state index contributed by atoms with van der Waals surface area (Å²) in [5.41, 5.74) is 2.45. The number of piperidine rings is 3. The number of hydrogen-bond donors (Lipinski definition) is 3. The van der Waals surface area contributed by atoms with Crippen LogP contribution in [0.1, 0.15) is 112 Å².